The molecule has 2 atom stereocenters. The molecule has 2 unspecified atom stereocenters. The number of amides is 2. The lowest BCUT2D eigenvalue weighted by Crippen LogP contribution is -2.34. The number of nitrogens with zero attached hydrogens (tertiary/aromatic N) is 6. The number of rotatable bonds is 11. The van der Waals surface area contributed by atoms with E-state index in [1.54, 1.807) is 13.8 Å². The Bertz CT molecular complexity index is 2240. The molecule has 10 rings (SSSR count). The Hall–Kier alpha value is -4.86. The van der Waals surface area contributed by atoms with Crippen LogP contribution in [0.2, 0.25) is 0 Å². The van der Waals surface area contributed by atoms with E-state index in [0.29, 0.717) is 30.8 Å². The summed E-state index contributed by atoms with van der Waals surface area (Å²) in [6, 6.07) is 16.1. The molecule has 10 heteroatoms. The molecule has 6 aliphatic rings. The van der Waals surface area contributed by atoms with E-state index >= 15 is 0 Å². The van der Waals surface area contributed by atoms with Gasteiger partial charge in [0.2, 0.25) is 11.8 Å². The first-order valence-electron chi connectivity index (χ1n) is 22.5. The molecule has 10 nitrogen and oxygen atoms in total. The van der Waals surface area contributed by atoms with Gasteiger partial charge >= 0.3 is 0 Å². The van der Waals surface area contributed by atoms with Crippen molar-refractivity contribution in [3.8, 4) is 0 Å². The van der Waals surface area contributed by atoms with Gasteiger partial charge in [0.1, 0.15) is 0 Å². The van der Waals surface area contributed by atoms with Crippen LogP contribution in [0.1, 0.15) is 142 Å². The van der Waals surface area contributed by atoms with Crippen molar-refractivity contribution in [3.63, 3.8) is 0 Å². The van der Waals surface area contributed by atoms with Crippen molar-refractivity contribution >= 4 is 40.4 Å². The third-order valence-electron chi connectivity index (χ3n) is 14.2. The van der Waals surface area contributed by atoms with Gasteiger partial charge in [-0.2, -0.15) is 10.2 Å². The molecule has 0 saturated heterocycles. The fourth-order valence-electron chi connectivity index (χ4n) is 10.5. The van der Waals surface area contributed by atoms with E-state index in [9.17, 15) is 9.59 Å². The standard InChI is InChI=1S/C48H60N8O2/c1-31(57)53-20-18-45-43(29-53)48(51-55(45)27-33-16-17-33)50-41-24-37(35-12-7-4-8-13-35)22-38(25-41)42-26-39(42)28-56-46-19-21-54(32(2)58)30-44(46)47(52-56)49-40-15-9-14-36(23-40)34-10-5-3-6-11-34/h9,12,14-15,22-25,33-34,39,42H,3-8,10-11,13,16-21,26-30H2,1-2H3,(H,49,52)(H,50,51). The van der Waals surface area contributed by atoms with Gasteiger partial charge in [-0.05, 0) is 128 Å². The maximum absolute atomic E-state index is 12.6. The second-order valence-electron chi connectivity index (χ2n) is 18.4. The maximum Gasteiger partial charge on any atom is 0.219 e. The van der Waals surface area contributed by atoms with Crippen molar-refractivity contribution in [1.82, 2.24) is 29.4 Å². The predicted molar refractivity (Wildman–Crippen MR) is 229 cm³/mol. The summed E-state index contributed by atoms with van der Waals surface area (Å²) < 4.78 is 4.52. The van der Waals surface area contributed by atoms with Crippen molar-refractivity contribution in [1.29, 1.82) is 0 Å². The van der Waals surface area contributed by atoms with Crippen LogP contribution in [0, 0.1) is 11.8 Å². The fourth-order valence-corrected chi connectivity index (χ4v) is 10.5. The highest BCUT2D eigenvalue weighted by Gasteiger charge is 2.40. The van der Waals surface area contributed by atoms with Crippen molar-refractivity contribution in [2.24, 2.45) is 11.8 Å². The topological polar surface area (TPSA) is 100 Å². The first-order chi connectivity index (χ1) is 28.3. The summed E-state index contributed by atoms with van der Waals surface area (Å²) in [5.41, 5.74) is 12.7. The molecule has 3 saturated carbocycles. The first-order valence-corrected chi connectivity index (χ1v) is 22.5. The number of benzene rings is 2. The molecule has 2 aliphatic heterocycles. The average Bonchev–Trinajstić information content (AvgIpc) is 4.17. The van der Waals surface area contributed by atoms with E-state index in [1.165, 1.54) is 97.0 Å². The van der Waals surface area contributed by atoms with Gasteiger partial charge in [-0.25, -0.2) is 0 Å². The van der Waals surface area contributed by atoms with Gasteiger partial charge in [0.15, 0.2) is 11.6 Å². The summed E-state index contributed by atoms with van der Waals surface area (Å²) in [6.45, 7) is 7.90. The molecular weight excluding hydrogens is 721 g/mol. The Morgan fingerprint density at radius 3 is 2.03 bits per heavy atom. The summed E-state index contributed by atoms with van der Waals surface area (Å²) in [4.78, 5) is 29.0. The molecule has 0 spiro atoms. The molecule has 2 amide bonds. The zero-order chi connectivity index (χ0) is 39.3. The van der Waals surface area contributed by atoms with E-state index in [-0.39, 0.29) is 11.8 Å². The van der Waals surface area contributed by atoms with Crippen LogP contribution < -0.4 is 10.6 Å². The number of fused-ring (bicyclic) bond motifs is 2. The lowest BCUT2D eigenvalue weighted by Gasteiger charge is -2.27. The van der Waals surface area contributed by atoms with Crippen molar-refractivity contribution in [2.45, 2.75) is 142 Å². The third-order valence-corrected chi connectivity index (χ3v) is 14.2. The summed E-state index contributed by atoms with van der Waals surface area (Å²) in [6.07, 6.45) is 19.1. The number of nitrogens with one attached hydrogen (secondary N) is 2. The van der Waals surface area contributed by atoms with Gasteiger partial charge in [0.25, 0.3) is 0 Å². The largest absolute Gasteiger partial charge is 0.338 e. The van der Waals surface area contributed by atoms with Gasteiger partial charge in [0.05, 0.1) is 13.1 Å². The predicted octanol–water partition coefficient (Wildman–Crippen LogP) is 9.59. The van der Waals surface area contributed by atoms with E-state index in [0.717, 1.165) is 92.8 Å². The maximum atomic E-state index is 12.6. The minimum absolute atomic E-state index is 0.120. The van der Waals surface area contributed by atoms with Crippen LogP contribution in [0.15, 0.2) is 48.5 Å². The highest BCUT2D eigenvalue weighted by atomic mass is 16.2. The Labute approximate surface area is 343 Å². The number of anilines is 4. The lowest BCUT2D eigenvalue weighted by molar-refractivity contribution is -0.130. The molecular formula is C48H60N8O2. The summed E-state index contributed by atoms with van der Waals surface area (Å²) >= 11 is 0. The summed E-state index contributed by atoms with van der Waals surface area (Å²) in [5, 5.41) is 18.0. The van der Waals surface area contributed by atoms with E-state index in [4.69, 9.17) is 10.2 Å². The molecule has 4 aliphatic carbocycles. The minimum Gasteiger partial charge on any atom is -0.338 e. The molecule has 2 aromatic heterocycles. The molecule has 304 valence electrons. The van der Waals surface area contributed by atoms with Gasteiger partial charge in [-0.1, -0.05) is 43.5 Å². The van der Waals surface area contributed by atoms with Crippen LogP contribution in [-0.2, 0) is 48.6 Å². The number of carbonyl (C=O) groups excluding carboxylic acids is 2. The molecule has 2 N–H and O–H groups in total. The molecule has 3 fully saturated rings. The molecule has 58 heavy (non-hydrogen) atoms. The van der Waals surface area contributed by atoms with Gasteiger partial charge in [0, 0.05) is 86.8 Å². The third kappa shape index (κ3) is 7.83. The second-order valence-corrected chi connectivity index (χ2v) is 18.4. The van der Waals surface area contributed by atoms with E-state index in [2.05, 4.69) is 68.5 Å². The van der Waals surface area contributed by atoms with Crippen LogP contribution in [-0.4, -0.2) is 54.3 Å². The molecule has 4 heterocycles. The number of hydrogen-bond donors (Lipinski definition) is 2. The summed E-state index contributed by atoms with van der Waals surface area (Å²) in [7, 11) is 0. The highest BCUT2D eigenvalue weighted by molar-refractivity contribution is 5.76. The van der Waals surface area contributed by atoms with Crippen LogP contribution >= 0.6 is 0 Å². The first kappa shape index (κ1) is 37.4. The Kier molecular flexibility index (Phi) is 10.1. The molecule has 0 bridgehead atoms. The normalized spacial score (nSPS) is 21.9. The van der Waals surface area contributed by atoms with Gasteiger partial charge in [-0.15, -0.1) is 0 Å². The second kappa shape index (κ2) is 15.7. The molecule has 0 radical (unpaired) electrons. The molecule has 4 aromatic rings. The van der Waals surface area contributed by atoms with Gasteiger partial charge in [-0.3, -0.25) is 19.0 Å². The highest BCUT2D eigenvalue weighted by Crippen LogP contribution is 2.50. The quantitative estimate of drug-likeness (QED) is 0.157. The lowest BCUT2D eigenvalue weighted by atomic mass is 9.84. The minimum atomic E-state index is 0.120. The van der Waals surface area contributed by atoms with E-state index in [1.807, 2.05) is 9.80 Å². The van der Waals surface area contributed by atoms with Gasteiger partial charge < -0.3 is 20.4 Å². The number of hydrogen-bond acceptors (Lipinski definition) is 6. The Morgan fingerprint density at radius 2 is 1.38 bits per heavy atom. The number of aromatic nitrogens is 4. The smallest absolute Gasteiger partial charge is 0.219 e. The summed E-state index contributed by atoms with van der Waals surface area (Å²) in [5.74, 6) is 4.33. The Balaban J connectivity index is 0.925. The molecule has 2 aromatic carbocycles. The van der Waals surface area contributed by atoms with Crippen LogP contribution in [0.25, 0.3) is 5.57 Å². The van der Waals surface area contributed by atoms with Crippen LogP contribution in [0.4, 0.5) is 23.0 Å². The number of carbonyl (C=O) groups is 2. The van der Waals surface area contributed by atoms with Crippen molar-refractivity contribution in [2.75, 3.05) is 23.7 Å². The number of allylic oxidation sites excluding steroid dienone is 2. The van der Waals surface area contributed by atoms with Crippen LogP contribution in [0.3, 0.4) is 0 Å². The SMILES string of the molecule is CC(=O)N1CCc2c(c(Nc3cc(C4=CCCCC4)cc(C4CC4Cn4nc(Nc5cccc(C6CCCCC6)c5)c5c4CCN(C(C)=O)C5)c3)nn2CC2CC2)C1. The fraction of sp³-hybridized carbons (Fsp3) is 0.542. The van der Waals surface area contributed by atoms with Crippen molar-refractivity contribution < 1.29 is 9.59 Å². The zero-order valence-corrected chi connectivity index (χ0v) is 34.6. The zero-order valence-electron chi connectivity index (χ0n) is 34.6. The average molecular weight is 781 g/mol. The van der Waals surface area contributed by atoms with Crippen molar-refractivity contribution in [3.05, 3.63) is 87.7 Å². The monoisotopic (exact) mass is 780 g/mol. The Morgan fingerprint density at radius 1 is 0.707 bits per heavy atom. The van der Waals surface area contributed by atoms with E-state index < -0.39 is 0 Å². The van der Waals surface area contributed by atoms with Crippen LogP contribution in [0.5, 0.6) is 0 Å².